The standard InChI is InChI=1S/C21H28O9/c1-11(2)17(23)28-15-9-20(5,25)21(26)7-6-19(4,30-21)8-14-16(15)13(18(24)29-14)10-27-12(3)22/h8,11,15,25-26H,6-7,9-10H2,1-5H3/b14-8+/t15-,19+,20+,21-/m0/s1. The van der Waals surface area contributed by atoms with Crippen LogP contribution < -0.4 is 0 Å². The molecule has 0 spiro atoms. The molecule has 0 saturated carbocycles. The van der Waals surface area contributed by atoms with Gasteiger partial charge in [0.2, 0.25) is 0 Å². The van der Waals surface area contributed by atoms with Gasteiger partial charge in [-0.3, -0.25) is 9.59 Å². The molecule has 9 heteroatoms. The van der Waals surface area contributed by atoms with E-state index in [0.29, 0.717) is 6.42 Å². The van der Waals surface area contributed by atoms with Crippen LogP contribution >= 0.6 is 0 Å². The minimum absolute atomic E-state index is 0.0159. The minimum Gasteiger partial charge on any atom is -0.461 e. The third-order valence-electron chi connectivity index (χ3n) is 5.73. The van der Waals surface area contributed by atoms with Crippen molar-refractivity contribution in [3.63, 3.8) is 0 Å². The number of hydrogen-bond acceptors (Lipinski definition) is 9. The van der Waals surface area contributed by atoms with E-state index >= 15 is 0 Å². The predicted octanol–water partition coefficient (Wildman–Crippen LogP) is 1.27. The second kappa shape index (κ2) is 7.47. The number of carbonyl (C=O) groups is 3. The maximum atomic E-state index is 12.6. The van der Waals surface area contributed by atoms with Crippen LogP contribution in [0.2, 0.25) is 0 Å². The first-order valence-electron chi connectivity index (χ1n) is 9.94. The fraction of sp³-hybridized carbons (Fsp3) is 0.667. The maximum Gasteiger partial charge on any atom is 0.343 e. The molecule has 0 unspecified atom stereocenters. The predicted molar refractivity (Wildman–Crippen MR) is 101 cm³/mol. The zero-order chi connectivity index (χ0) is 22.5. The van der Waals surface area contributed by atoms with Gasteiger partial charge in [0.1, 0.15) is 24.1 Å². The quantitative estimate of drug-likeness (QED) is 0.506. The average Bonchev–Trinajstić information content (AvgIpc) is 3.09. The van der Waals surface area contributed by atoms with E-state index in [1.807, 2.05) is 0 Å². The van der Waals surface area contributed by atoms with E-state index in [0.717, 1.165) is 0 Å². The number of carbonyl (C=O) groups excluding carboxylic acids is 3. The molecule has 0 aromatic rings. The van der Waals surface area contributed by atoms with Gasteiger partial charge >= 0.3 is 17.9 Å². The molecule has 0 aliphatic carbocycles. The number of fused-ring (bicyclic) bond motifs is 3. The Morgan fingerprint density at radius 1 is 1.27 bits per heavy atom. The van der Waals surface area contributed by atoms with E-state index in [4.69, 9.17) is 18.9 Å². The Morgan fingerprint density at radius 2 is 1.93 bits per heavy atom. The van der Waals surface area contributed by atoms with Crippen LogP contribution in [0.5, 0.6) is 0 Å². The Hall–Kier alpha value is -2.23. The van der Waals surface area contributed by atoms with Crippen molar-refractivity contribution in [2.45, 2.75) is 77.0 Å². The zero-order valence-corrected chi connectivity index (χ0v) is 17.8. The molecule has 0 amide bonds. The molecule has 2 N–H and O–H groups in total. The van der Waals surface area contributed by atoms with Gasteiger partial charge in [-0.25, -0.2) is 4.79 Å². The molecular weight excluding hydrogens is 396 g/mol. The first-order valence-corrected chi connectivity index (χ1v) is 9.94. The number of rotatable bonds is 4. The van der Waals surface area contributed by atoms with E-state index in [-0.39, 0.29) is 36.4 Å². The van der Waals surface area contributed by atoms with Gasteiger partial charge in [-0.1, -0.05) is 13.8 Å². The highest BCUT2D eigenvalue weighted by Crippen LogP contribution is 2.49. The maximum absolute atomic E-state index is 12.6. The van der Waals surface area contributed by atoms with Crippen LogP contribution in [-0.2, 0) is 33.3 Å². The highest BCUT2D eigenvalue weighted by molar-refractivity contribution is 5.95. The van der Waals surface area contributed by atoms with Crippen molar-refractivity contribution in [2.75, 3.05) is 6.61 Å². The molecular formula is C21H28O9. The van der Waals surface area contributed by atoms with Crippen molar-refractivity contribution in [3.8, 4) is 0 Å². The van der Waals surface area contributed by atoms with Crippen LogP contribution in [0.25, 0.3) is 0 Å². The van der Waals surface area contributed by atoms with Gasteiger partial charge in [-0.2, -0.15) is 0 Å². The molecule has 0 radical (unpaired) electrons. The van der Waals surface area contributed by atoms with Crippen molar-refractivity contribution >= 4 is 17.9 Å². The van der Waals surface area contributed by atoms with Gasteiger partial charge in [-0.05, 0) is 26.3 Å². The monoisotopic (exact) mass is 424 g/mol. The highest BCUT2D eigenvalue weighted by Gasteiger charge is 2.58. The molecule has 0 aromatic carbocycles. The van der Waals surface area contributed by atoms with Crippen LogP contribution in [0.3, 0.4) is 0 Å². The summed E-state index contributed by atoms with van der Waals surface area (Å²) in [5, 5.41) is 22.2. The van der Waals surface area contributed by atoms with E-state index in [1.54, 1.807) is 20.8 Å². The smallest absolute Gasteiger partial charge is 0.343 e. The SMILES string of the molecule is CC(=O)OCC1=C2/C(=C\[C@@]3(C)CC[C@](O)(O3)[C@](C)(O)C[C@@H]2OC(=O)C(C)C)OC1=O. The van der Waals surface area contributed by atoms with Crippen LogP contribution in [0.1, 0.15) is 53.9 Å². The molecule has 3 rings (SSSR count). The van der Waals surface area contributed by atoms with E-state index in [2.05, 4.69) is 0 Å². The van der Waals surface area contributed by atoms with Crippen LogP contribution in [0.4, 0.5) is 0 Å². The number of ether oxygens (including phenoxy) is 4. The minimum atomic E-state index is -1.89. The van der Waals surface area contributed by atoms with E-state index in [9.17, 15) is 24.6 Å². The van der Waals surface area contributed by atoms with Crippen LogP contribution in [-0.4, -0.2) is 57.8 Å². The summed E-state index contributed by atoms with van der Waals surface area (Å²) in [6.45, 7) is 7.22. The second-order valence-electron chi connectivity index (χ2n) is 8.83. The molecule has 3 heterocycles. The van der Waals surface area contributed by atoms with Crippen LogP contribution in [0, 0.1) is 5.92 Å². The molecule has 2 bridgehead atoms. The molecule has 166 valence electrons. The zero-order valence-electron chi connectivity index (χ0n) is 17.8. The number of hydrogen-bond donors (Lipinski definition) is 2. The van der Waals surface area contributed by atoms with Crippen molar-refractivity contribution in [3.05, 3.63) is 23.0 Å². The lowest BCUT2D eigenvalue weighted by Crippen LogP contribution is -2.54. The Bertz CT molecular complexity index is 837. The summed E-state index contributed by atoms with van der Waals surface area (Å²) in [6.07, 6.45) is 0.651. The fourth-order valence-electron chi connectivity index (χ4n) is 3.91. The molecule has 0 aromatic heterocycles. The molecule has 1 saturated heterocycles. The normalized spacial score (nSPS) is 37.5. The number of aliphatic hydroxyl groups is 2. The summed E-state index contributed by atoms with van der Waals surface area (Å²) < 4.78 is 21.9. The summed E-state index contributed by atoms with van der Waals surface area (Å²) in [7, 11) is 0. The molecule has 3 aliphatic rings. The Balaban J connectivity index is 2.16. The topological polar surface area (TPSA) is 129 Å². The van der Waals surface area contributed by atoms with Gasteiger partial charge < -0.3 is 29.2 Å². The largest absolute Gasteiger partial charge is 0.461 e. The lowest BCUT2D eigenvalue weighted by Gasteiger charge is -2.40. The third-order valence-corrected chi connectivity index (χ3v) is 5.73. The molecule has 4 atom stereocenters. The van der Waals surface area contributed by atoms with E-state index in [1.165, 1.54) is 19.9 Å². The summed E-state index contributed by atoms with van der Waals surface area (Å²) >= 11 is 0. The summed E-state index contributed by atoms with van der Waals surface area (Å²) in [6, 6.07) is 0. The Kier molecular flexibility index (Phi) is 5.59. The molecule has 1 fully saturated rings. The highest BCUT2D eigenvalue weighted by atomic mass is 16.7. The molecule has 3 aliphatic heterocycles. The van der Waals surface area contributed by atoms with Gasteiger partial charge in [0.15, 0.2) is 5.79 Å². The van der Waals surface area contributed by atoms with Gasteiger partial charge in [0.05, 0.1) is 17.1 Å². The Labute approximate surface area is 174 Å². The van der Waals surface area contributed by atoms with Crippen molar-refractivity contribution < 1.29 is 43.5 Å². The van der Waals surface area contributed by atoms with Crippen molar-refractivity contribution in [2.24, 2.45) is 5.92 Å². The Morgan fingerprint density at radius 3 is 2.53 bits per heavy atom. The van der Waals surface area contributed by atoms with E-state index < -0.39 is 46.9 Å². The first kappa shape index (κ1) is 22.5. The third kappa shape index (κ3) is 4.01. The fourth-order valence-corrected chi connectivity index (χ4v) is 3.91. The summed E-state index contributed by atoms with van der Waals surface area (Å²) in [4.78, 5) is 36.3. The van der Waals surface area contributed by atoms with Gasteiger partial charge in [0, 0.05) is 25.3 Å². The lowest BCUT2D eigenvalue weighted by atomic mass is 9.82. The second-order valence-corrected chi connectivity index (χ2v) is 8.83. The number of esters is 3. The van der Waals surface area contributed by atoms with Crippen molar-refractivity contribution in [1.29, 1.82) is 0 Å². The lowest BCUT2D eigenvalue weighted by molar-refractivity contribution is -0.298. The average molecular weight is 424 g/mol. The first-order chi connectivity index (χ1) is 13.8. The molecule has 9 nitrogen and oxygen atoms in total. The van der Waals surface area contributed by atoms with Crippen molar-refractivity contribution in [1.82, 2.24) is 0 Å². The summed E-state index contributed by atoms with van der Waals surface area (Å²) in [5.74, 6) is -4.15. The molecule has 30 heavy (non-hydrogen) atoms. The summed E-state index contributed by atoms with van der Waals surface area (Å²) in [5.41, 5.74) is -2.63. The van der Waals surface area contributed by atoms with Gasteiger partial charge in [0.25, 0.3) is 0 Å². The van der Waals surface area contributed by atoms with Crippen LogP contribution in [0.15, 0.2) is 23.0 Å². The van der Waals surface area contributed by atoms with Gasteiger partial charge in [-0.15, -0.1) is 0 Å².